The standard InChI is InChI=1S/C24H20FN3O3S/c1-30-19-11-8-16(9-12-19)23-26-27-24(28(23)18-6-4-3-5-7-18)32-15-21(29)20-14-17(25)10-13-22(20)31-2/h3-14H,15H2,1-2H3. The molecule has 8 heteroatoms. The fourth-order valence-corrected chi connectivity index (χ4v) is 4.04. The third-order valence-electron chi connectivity index (χ3n) is 4.79. The highest BCUT2D eigenvalue weighted by Gasteiger charge is 2.19. The lowest BCUT2D eigenvalue weighted by atomic mass is 10.1. The third-order valence-corrected chi connectivity index (χ3v) is 5.72. The number of thioether (sulfide) groups is 1. The SMILES string of the molecule is COc1ccc(-c2nnc(SCC(=O)c3cc(F)ccc3OC)n2-c2ccccc2)cc1. The molecule has 0 saturated carbocycles. The summed E-state index contributed by atoms with van der Waals surface area (Å²) in [6.07, 6.45) is 0. The quantitative estimate of drug-likeness (QED) is 0.277. The van der Waals surface area contributed by atoms with Gasteiger partial charge in [0.15, 0.2) is 16.8 Å². The number of ketones is 1. The van der Waals surface area contributed by atoms with Crippen LogP contribution in [0.25, 0.3) is 17.1 Å². The van der Waals surface area contributed by atoms with E-state index in [-0.39, 0.29) is 17.1 Å². The zero-order valence-corrected chi connectivity index (χ0v) is 18.3. The Bertz CT molecular complexity index is 1230. The van der Waals surface area contributed by atoms with E-state index in [2.05, 4.69) is 10.2 Å². The first-order valence-corrected chi connectivity index (χ1v) is 10.7. The van der Waals surface area contributed by atoms with E-state index in [1.54, 1.807) is 7.11 Å². The van der Waals surface area contributed by atoms with Crippen molar-refractivity contribution in [3.05, 3.63) is 84.2 Å². The lowest BCUT2D eigenvalue weighted by molar-refractivity contribution is 0.101. The number of carbonyl (C=O) groups excluding carboxylic acids is 1. The number of para-hydroxylation sites is 1. The highest BCUT2D eigenvalue weighted by atomic mass is 32.2. The monoisotopic (exact) mass is 449 g/mol. The summed E-state index contributed by atoms with van der Waals surface area (Å²) >= 11 is 1.23. The van der Waals surface area contributed by atoms with Crippen molar-refractivity contribution in [1.29, 1.82) is 0 Å². The van der Waals surface area contributed by atoms with Crippen molar-refractivity contribution in [3.8, 4) is 28.6 Å². The molecule has 6 nitrogen and oxygen atoms in total. The second kappa shape index (κ2) is 9.65. The molecule has 1 aromatic heterocycles. The lowest BCUT2D eigenvalue weighted by Crippen LogP contribution is -2.07. The molecule has 0 amide bonds. The van der Waals surface area contributed by atoms with E-state index in [4.69, 9.17) is 9.47 Å². The number of ether oxygens (including phenoxy) is 2. The van der Waals surface area contributed by atoms with Gasteiger partial charge in [-0.3, -0.25) is 9.36 Å². The molecule has 0 atom stereocenters. The molecular formula is C24H20FN3O3S. The Morgan fingerprint density at radius 2 is 1.72 bits per heavy atom. The summed E-state index contributed by atoms with van der Waals surface area (Å²) in [5, 5.41) is 9.24. The van der Waals surface area contributed by atoms with Crippen LogP contribution in [0, 0.1) is 5.82 Å². The van der Waals surface area contributed by atoms with Crippen LogP contribution in [-0.2, 0) is 0 Å². The van der Waals surface area contributed by atoms with Gasteiger partial charge in [-0.05, 0) is 54.6 Å². The summed E-state index contributed by atoms with van der Waals surface area (Å²) in [6.45, 7) is 0. The van der Waals surface area contributed by atoms with Gasteiger partial charge in [0, 0.05) is 11.3 Å². The number of methoxy groups -OCH3 is 2. The number of Topliss-reactive ketones (excluding diaryl/α,β-unsaturated/α-hetero) is 1. The summed E-state index contributed by atoms with van der Waals surface area (Å²) in [6, 6.07) is 21.1. The summed E-state index contributed by atoms with van der Waals surface area (Å²) in [7, 11) is 3.06. The predicted molar refractivity (Wildman–Crippen MR) is 121 cm³/mol. The largest absolute Gasteiger partial charge is 0.497 e. The van der Waals surface area contributed by atoms with E-state index in [1.807, 2.05) is 59.2 Å². The number of rotatable bonds is 8. The predicted octanol–water partition coefficient (Wildman–Crippen LogP) is 5.07. The van der Waals surface area contributed by atoms with Crippen LogP contribution in [0.5, 0.6) is 11.5 Å². The molecule has 32 heavy (non-hydrogen) atoms. The molecule has 0 radical (unpaired) electrons. The first kappa shape index (κ1) is 21.6. The Labute approximate surface area is 189 Å². The molecule has 3 aromatic carbocycles. The van der Waals surface area contributed by atoms with Gasteiger partial charge < -0.3 is 9.47 Å². The fourth-order valence-electron chi connectivity index (χ4n) is 3.21. The molecule has 0 saturated heterocycles. The van der Waals surface area contributed by atoms with Gasteiger partial charge in [0.2, 0.25) is 0 Å². The van der Waals surface area contributed by atoms with Crippen molar-refractivity contribution in [1.82, 2.24) is 14.8 Å². The van der Waals surface area contributed by atoms with Gasteiger partial charge in [-0.2, -0.15) is 0 Å². The zero-order chi connectivity index (χ0) is 22.5. The van der Waals surface area contributed by atoms with Gasteiger partial charge in [0.25, 0.3) is 0 Å². The Morgan fingerprint density at radius 3 is 2.41 bits per heavy atom. The van der Waals surface area contributed by atoms with Crippen LogP contribution in [0.3, 0.4) is 0 Å². The van der Waals surface area contributed by atoms with Crippen LogP contribution >= 0.6 is 11.8 Å². The number of hydrogen-bond acceptors (Lipinski definition) is 6. The van der Waals surface area contributed by atoms with Gasteiger partial charge in [-0.1, -0.05) is 30.0 Å². The molecule has 1 heterocycles. The normalized spacial score (nSPS) is 10.7. The minimum atomic E-state index is -0.492. The van der Waals surface area contributed by atoms with Crippen molar-refractivity contribution >= 4 is 17.5 Å². The average molecular weight is 450 g/mol. The number of halogens is 1. The zero-order valence-electron chi connectivity index (χ0n) is 17.5. The van der Waals surface area contributed by atoms with Gasteiger partial charge in [0.05, 0.1) is 25.5 Å². The highest BCUT2D eigenvalue weighted by molar-refractivity contribution is 7.99. The third kappa shape index (κ3) is 4.50. The molecule has 4 rings (SSSR count). The summed E-state index contributed by atoms with van der Waals surface area (Å²) in [4.78, 5) is 12.8. The van der Waals surface area contributed by atoms with Crippen molar-refractivity contribution in [2.45, 2.75) is 5.16 Å². The van der Waals surface area contributed by atoms with Crippen molar-refractivity contribution < 1.29 is 18.7 Å². The summed E-state index contributed by atoms with van der Waals surface area (Å²) < 4.78 is 26.0. The van der Waals surface area contributed by atoms with Crippen LogP contribution in [0.1, 0.15) is 10.4 Å². The highest BCUT2D eigenvalue weighted by Crippen LogP contribution is 2.30. The molecule has 0 spiro atoms. The van der Waals surface area contributed by atoms with Gasteiger partial charge >= 0.3 is 0 Å². The van der Waals surface area contributed by atoms with Crippen LogP contribution in [0.4, 0.5) is 4.39 Å². The van der Waals surface area contributed by atoms with E-state index < -0.39 is 5.82 Å². The maximum Gasteiger partial charge on any atom is 0.196 e. The minimum absolute atomic E-state index is 0.0490. The second-order valence-electron chi connectivity index (χ2n) is 6.76. The molecule has 4 aromatic rings. The maximum atomic E-state index is 13.7. The molecule has 0 aliphatic rings. The fraction of sp³-hybridized carbons (Fsp3) is 0.125. The van der Waals surface area contributed by atoms with Crippen LogP contribution in [-0.4, -0.2) is 40.5 Å². The number of hydrogen-bond donors (Lipinski definition) is 0. The van der Waals surface area contributed by atoms with Gasteiger partial charge in [0.1, 0.15) is 17.3 Å². The number of carbonyl (C=O) groups is 1. The minimum Gasteiger partial charge on any atom is -0.497 e. The number of nitrogens with zero attached hydrogens (tertiary/aromatic N) is 3. The van der Waals surface area contributed by atoms with Crippen molar-refractivity contribution in [2.24, 2.45) is 0 Å². The first-order valence-electron chi connectivity index (χ1n) is 9.75. The average Bonchev–Trinajstić information content (AvgIpc) is 3.27. The second-order valence-corrected chi connectivity index (χ2v) is 7.70. The van der Waals surface area contributed by atoms with Crippen LogP contribution in [0.2, 0.25) is 0 Å². The van der Waals surface area contributed by atoms with E-state index >= 15 is 0 Å². The lowest BCUT2D eigenvalue weighted by Gasteiger charge is -2.11. The Balaban J connectivity index is 1.66. The van der Waals surface area contributed by atoms with Crippen LogP contribution in [0.15, 0.2) is 78.0 Å². The Hall–Kier alpha value is -3.65. The van der Waals surface area contributed by atoms with E-state index in [0.29, 0.717) is 16.7 Å². The topological polar surface area (TPSA) is 66.2 Å². The Morgan fingerprint density at radius 1 is 0.969 bits per heavy atom. The number of benzene rings is 3. The number of aromatic nitrogens is 3. The van der Waals surface area contributed by atoms with E-state index in [0.717, 1.165) is 17.0 Å². The molecule has 0 N–H and O–H groups in total. The molecular weight excluding hydrogens is 429 g/mol. The van der Waals surface area contributed by atoms with Crippen molar-refractivity contribution in [3.63, 3.8) is 0 Å². The van der Waals surface area contributed by atoms with Gasteiger partial charge in [-0.25, -0.2) is 4.39 Å². The summed E-state index contributed by atoms with van der Waals surface area (Å²) in [5.41, 5.74) is 1.91. The molecule has 0 fully saturated rings. The van der Waals surface area contributed by atoms with E-state index in [9.17, 15) is 9.18 Å². The smallest absolute Gasteiger partial charge is 0.196 e. The molecule has 0 aliphatic heterocycles. The molecule has 0 aliphatic carbocycles. The molecule has 162 valence electrons. The van der Waals surface area contributed by atoms with Crippen molar-refractivity contribution in [2.75, 3.05) is 20.0 Å². The molecule has 0 bridgehead atoms. The van der Waals surface area contributed by atoms with Gasteiger partial charge in [-0.15, -0.1) is 10.2 Å². The maximum absolute atomic E-state index is 13.7. The Kier molecular flexibility index (Phi) is 6.51. The molecule has 0 unspecified atom stereocenters. The van der Waals surface area contributed by atoms with E-state index in [1.165, 1.54) is 37.1 Å². The van der Waals surface area contributed by atoms with Crippen LogP contribution < -0.4 is 9.47 Å². The summed E-state index contributed by atoms with van der Waals surface area (Å²) in [5.74, 6) is 1.00. The first-order chi connectivity index (χ1) is 15.6.